The summed E-state index contributed by atoms with van der Waals surface area (Å²) in [4.78, 5) is 28.5. The van der Waals surface area contributed by atoms with Gasteiger partial charge in [-0.1, -0.05) is 62.9 Å². The first-order valence-electron chi connectivity index (χ1n) is 12.5. The lowest BCUT2D eigenvalue weighted by Gasteiger charge is -2.33. The number of hydrogen-bond acceptors (Lipinski definition) is 4. The standard InChI is InChI=1S/C29H32BrCl2N3O4S/c1-19-9-15-23(16-10-19)40(38,39)35(22-13-11-21(30)12-14-22)18-27(36)34(20(2)28(37)33-29(3,4)5)17-24-25(31)7-6-8-26(24)32/h6-16,20H,17-18H2,1-5H3,(H,33,37)/t20-/m1/s1. The number of hydrogen-bond donors (Lipinski definition) is 1. The van der Waals surface area contributed by atoms with E-state index >= 15 is 0 Å². The van der Waals surface area contributed by atoms with Crippen LogP contribution in [0.5, 0.6) is 0 Å². The number of sulfonamides is 1. The fourth-order valence-electron chi connectivity index (χ4n) is 3.88. The Balaban J connectivity index is 2.07. The largest absolute Gasteiger partial charge is 0.350 e. The fraction of sp³-hybridized carbons (Fsp3) is 0.310. The van der Waals surface area contributed by atoms with Crippen LogP contribution in [0.4, 0.5) is 5.69 Å². The van der Waals surface area contributed by atoms with E-state index in [9.17, 15) is 18.0 Å². The van der Waals surface area contributed by atoms with Crippen molar-refractivity contribution in [2.75, 3.05) is 10.8 Å². The second-order valence-electron chi connectivity index (χ2n) is 10.4. The number of amides is 2. The minimum absolute atomic E-state index is 0.0352. The van der Waals surface area contributed by atoms with Crippen LogP contribution in [0.25, 0.3) is 0 Å². The molecule has 3 rings (SSSR count). The predicted molar refractivity (Wildman–Crippen MR) is 164 cm³/mol. The first kappa shape index (κ1) is 31.9. The third-order valence-corrected chi connectivity index (χ3v) is 9.08. The molecule has 1 atom stereocenters. The second-order valence-corrected chi connectivity index (χ2v) is 14.0. The van der Waals surface area contributed by atoms with Crippen LogP contribution in [-0.4, -0.2) is 43.3 Å². The van der Waals surface area contributed by atoms with Crippen LogP contribution in [0, 0.1) is 6.92 Å². The molecule has 3 aromatic carbocycles. The van der Waals surface area contributed by atoms with Crippen LogP contribution in [0.1, 0.15) is 38.8 Å². The Labute approximate surface area is 254 Å². The van der Waals surface area contributed by atoms with Gasteiger partial charge in [0.25, 0.3) is 10.0 Å². The molecule has 0 fully saturated rings. The Morgan fingerprint density at radius 3 is 2.02 bits per heavy atom. The number of carbonyl (C=O) groups excluding carboxylic acids is 2. The Kier molecular flexibility index (Phi) is 10.3. The molecule has 214 valence electrons. The van der Waals surface area contributed by atoms with Gasteiger partial charge >= 0.3 is 0 Å². The van der Waals surface area contributed by atoms with Crippen molar-refractivity contribution in [1.82, 2.24) is 10.2 Å². The van der Waals surface area contributed by atoms with Gasteiger partial charge in [0.05, 0.1) is 10.6 Å². The summed E-state index contributed by atoms with van der Waals surface area (Å²) in [5, 5.41) is 3.54. The summed E-state index contributed by atoms with van der Waals surface area (Å²) >= 11 is 16.2. The molecule has 0 aliphatic rings. The molecule has 0 aliphatic heterocycles. The maximum Gasteiger partial charge on any atom is 0.264 e. The normalized spacial score (nSPS) is 12.5. The Morgan fingerprint density at radius 2 is 1.50 bits per heavy atom. The summed E-state index contributed by atoms with van der Waals surface area (Å²) in [6.45, 7) is 8.27. The molecular formula is C29H32BrCl2N3O4S. The van der Waals surface area contributed by atoms with Crippen LogP contribution >= 0.6 is 39.1 Å². The zero-order valence-electron chi connectivity index (χ0n) is 22.9. The molecule has 0 heterocycles. The molecule has 3 aromatic rings. The van der Waals surface area contributed by atoms with E-state index in [0.29, 0.717) is 21.3 Å². The lowest BCUT2D eigenvalue weighted by atomic mass is 10.1. The van der Waals surface area contributed by atoms with Gasteiger partial charge in [0.1, 0.15) is 12.6 Å². The molecule has 7 nitrogen and oxygen atoms in total. The maximum atomic E-state index is 14.0. The first-order chi connectivity index (χ1) is 18.6. The molecule has 1 N–H and O–H groups in total. The minimum atomic E-state index is -4.16. The molecule has 40 heavy (non-hydrogen) atoms. The van der Waals surface area contributed by atoms with E-state index in [2.05, 4.69) is 21.2 Å². The molecule has 0 spiro atoms. The van der Waals surface area contributed by atoms with E-state index in [1.54, 1.807) is 61.5 Å². The van der Waals surface area contributed by atoms with E-state index in [4.69, 9.17) is 23.2 Å². The van der Waals surface area contributed by atoms with Crippen LogP contribution in [0.2, 0.25) is 10.0 Å². The highest BCUT2D eigenvalue weighted by molar-refractivity contribution is 9.10. The van der Waals surface area contributed by atoms with E-state index in [1.165, 1.54) is 17.0 Å². The predicted octanol–water partition coefficient (Wildman–Crippen LogP) is 6.59. The van der Waals surface area contributed by atoms with E-state index < -0.39 is 40.0 Å². The Hall–Kier alpha value is -2.59. The van der Waals surface area contributed by atoms with Crippen LogP contribution in [0.3, 0.4) is 0 Å². The molecule has 0 saturated carbocycles. The quantitative estimate of drug-likeness (QED) is 0.279. The number of rotatable bonds is 9. The molecule has 11 heteroatoms. The fourth-order valence-corrected chi connectivity index (χ4v) is 6.08. The van der Waals surface area contributed by atoms with E-state index in [0.717, 1.165) is 14.3 Å². The van der Waals surface area contributed by atoms with Crippen molar-refractivity contribution < 1.29 is 18.0 Å². The average Bonchev–Trinajstić information content (AvgIpc) is 2.86. The lowest BCUT2D eigenvalue weighted by molar-refractivity contribution is -0.140. The Morgan fingerprint density at radius 1 is 0.950 bits per heavy atom. The number of carbonyl (C=O) groups is 2. The number of anilines is 1. The monoisotopic (exact) mass is 667 g/mol. The van der Waals surface area contributed by atoms with Crippen molar-refractivity contribution in [3.63, 3.8) is 0 Å². The van der Waals surface area contributed by atoms with E-state index in [-0.39, 0.29) is 11.4 Å². The highest BCUT2D eigenvalue weighted by atomic mass is 79.9. The van der Waals surface area contributed by atoms with Crippen molar-refractivity contribution in [2.45, 2.75) is 57.6 Å². The van der Waals surface area contributed by atoms with Gasteiger partial charge in [0.15, 0.2) is 0 Å². The second kappa shape index (κ2) is 12.9. The molecule has 2 amide bonds. The number of nitrogens with zero attached hydrogens (tertiary/aromatic N) is 2. The van der Waals surface area contributed by atoms with Gasteiger partial charge in [-0.3, -0.25) is 13.9 Å². The van der Waals surface area contributed by atoms with Gasteiger partial charge in [-0.2, -0.15) is 0 Å². The highest BCUT2D eigenvalue weighted by Gasteiger charge is 2.34. The van der Waals surface area contributed by atoms with Gasteiger partial charge < -0.3 is 10.2 Å². The van der Waals surface area contributed by atoms with Crippen LogP contribution in [0.15, 0.2) is 76.1 Å². The van der Waals surface area contributed by atoms with Crippen molar-refractivity contribution >= 4 is 66.7 Å². The molecule has 0 aromatic heterocycles. The van der Waals surface area contributed by atoms with Crippen molar-refractivity contribution in [3.05, 3.63) is 92.4 Å². The summed E-state index contributed by atoms with van der Waals surface area (Å²) in [5.41, 5.74) is 1.08. The molecule has 0 aliphatic carbocycles. The minimum Gasteiger partial charge on any atom is -0.350 e. The highest BCUT2D eigenvalue weighted by Crippen LogP contribution is 2.29. The lowest BCUT2D eigenvalue weighted by Crippen LogP contribution is -2.54. The zero-order chi connectivity index (χ0) is 29.8. The van der Waals surface area contributed by atoms with Crippen molar-refractivity contribution in [2.24, 2.45) is 0 Å². The van der Waals surface area contributed by atoms with Gasteiger partial charge in [0.2, 0.25) is 11.8 Å². The summed E-state index contributed by atoms with van der Waals surface area (Å²) in [6.07, 6.45) is 0. The zero-order valence-corrected chi connectivity index (χ0v) is 26.8. The SMILES string of the molecule is Cc1ccc(S(=O)(=O)N(CC(=O)N(Cc2c(Cl)cccc2Cl)[C@H](C)C(=O)NC(C)(C)C)c2ccc(Br)cc2)cc1. The Bertz CT molecular complexity index is 1450. The summed E-state index contributed by atoms with van der Waals surface area (Å²) < 4.78 is 29.5. The molecule has 0 saturated heterocycles. The van der Waals surface area contributed by atoms with Crippen molar-refractivity contribution in [1.29, 1.82) is 0 Å². The molecule has 0 unspecified atom stereocenters. The van der Waals surface area contributed by atoms with Crippen molar-refractivity contribution in [3.8, 4) is 0 Å². The smallest absolute Gasteiger partial charge is 0.264 e. The summed E-state index contributed by atoms with van der Waals surface area (Å²) in [7, 11) is -4.16. The number of benzene rings is 3. The average molecular weight is 669 g/mol. The van der Waals surface area contributed by atoms with Gasteiger partial charge in [-0.05, 0) is 83.1 Å². The van der Waals surface area contributed by atoms with Gasteiger partial charge in [-0.25, -0.2) is 8.42 Å². The molecule has 0 radical (unpaired) electrons. The molecule has 0 bridgehead atoms. The van der Waals surface area contributed by atoms with Crippen LogP contribution in [-0.2, 0) is 26.2 Å². The number of halogens is 3. The molecular weight excluding hydrogens is 637 g/mol. The number of nitrogens with one attached hydrogen (secondary N) is 1. The van der Waals surface area contributed by atoms with Gasteiger partial charge in [-0.15, -0.1) is 0 Å². The summed E-state index contributed by atoms with van der Waals surface area (Å²) in [6, 6.07) is 17.0. The van der Waals surface area contributed by atoms with E-state index in [1.807, 2.05) is 27.7 Å². The third-order valence-electron chi connectivity index (χ3n) is 6.06. The van der Waals surface area contributed by atoms with Gasteiger partial charge in [0, 0.05) is 32.2 Å². The first-order valence-corrected chi connectivity index (χ1v) is 15.5. The topological polar surface area (TPSA) is 86.8 Å². The van der Waals surface area contributed by atoms with Crippen LogP contribution < -0.4 is 9.62 Å². The third kappa shape index (κ3) is 8.00. The number of aryl methyl sites for hydroxylation is 1. The summed E-state index contributed by atoms with van der Waals surface area (Å²) in [5.74, 6) is -1.01. The maximum absolute atomic E-state index is 14.0.